The first-order valence-electron chi connectivity index (χ1n) is 5.76. The van der Waals surface area contributed by atoms with Crippen molar-refractivity contribution in [2.24, 2.45) is 5.41 Å². The third kappa shape index (κ3) is 2.56. The molecule has 2 aromatic heterocycles. The van der Waals surface area contributed by atoms with Crippen molar-refractivity contribution in [1.82, 2.24) is 9.55 Å². The average molecular weight is 230 g/mol. The van der Waals surface area contributed by atoms with Crippen LogP contribution in [0.4, 0.5) is 0 Å². The van der Waals surface area contributed by atoms with Crippen molar-refractivity contribution in [3.63, 3.8) is 0 Å². The number of rotatable bonds is 2. The maximum Gasteiger partial charge on any atom is 0.136 e. The Morgan fingerprint density at radius 1 is 1.18 bits per heavy atom. The molecule has 0 saturated carbocycles. The van der Waals surface area contributed by atoms with E-state index >= 15 is 0 Å². The van der Waals surface area contributed by atoms with E-state index in [0.29, 0.717) is 0 Å². The summed E-state index contributed by atoms with van der Waals surface area (Å²) in [4.78, 5) is 4.36. The number of aromatic nitrogens is 2. The highest BCUT2D eigenvalue weighted by molar-refractivity contribution is 5.27. The average Bonchev–Trinajstić information content (AvgIpc) is 2.80. The Balaban J connectivity index is 2.25. The molecule has 1 atom stereocenters. The summed E-state index contributed by atoms with van der Waals surface area (Å²) in [6.45, 7) is 6.03. The van der Waals surface area contributed by atoms with Crippen LogP contribution >= 0.6 is 0 Å². The summed E-state index contributed by atoms with van der Waals surface area (Å²) >= 11 is 0. The molecule has 90 valence electrons. The van der Waals surface area contributed by atoms with Crippen LogP contribution in [0.15, 0.2) is 42.9 Å². The third-order valence-corrected chi connectivity index (χ3v) is 2.78. The molecule has 3 nitrogen and oxygen atoms in total. The first-order chi connectivity index (χ1) is 7.98. The van der Waals surface area contributed by atoms with E-state index in [0.717, 1.165) is 11.4 Å². The van der Waals surface area contributed by atoms with Crippen molar-refractivity contribution >= 4 is 0 Å². The number of pyridine rings is 1. The van der Waals surface area contributed by atoms with Crippen molar-refractivity contribution in [3.8, 4) is 5.82 Å². The molecule has 17 heavy (non-hydrogen) atoms. The zero-order valence-electron chi connectivity index (χ0n) is 10.5. The van der Waals surface area contributed by atoms with Gasteiger partial charge in [-0.15, -0.1) is 0 Å². The van der Waals surface area contributed by atoms with Crippen LogP contribution in [0.2, 0.25) is 0 Å². The van der Waals surface area contributed by atoms with Crippen molar-refractivity contribution in [2.75, 3.05) is 0 Å². The topological polar surface area (TPSA) is 38.0 Å². The van der Waals surface area contributed by atoms with Crippen LogP contribution < -0.4 is 0 Å². The van der Waals surface area contributed by atoms with Gasteiger partial charge >= 0.3 is 0 Å². The molecule has 0 radical (unpaired) electrons. The van der Waals surface area contributed by atoms with Gasteiger partial charge in [0.1, 0.15) is 5.82 Å². The molecule has 2 rings (SSSR count). The highest BCUT2D eigenvalue weighted by Crippen LogP contribution is 2.32. The molecular weight excluding hydrogens is 212 g/mol. The minimum absolute atomic E-state index is 0.170. The fourth-order valence-electron chi connectivity index (χ4n) is 1.70. The lowest BCUT2D eigenvalue weighted by Gasteiger charge is -2.25. The SMILES string of the molecule is CC(C)(C)C(O)c1ccc(-n2cccc2)nc1. The Bertz CT molecular complexity index is 466. The van der Waals surface area contributed by atoms with Crippen LogP contribution in [0.3, 0.4) is 0 Å². The van der Waals surface area contributed by atoms with Gasteiger partial charge in [0.2, 0.25) is 0 Å². The minimum Gasteiger partial charge on any atom is -0.388 e. The van der Waals surface area contributed by atoms with Gasteiger partial charge in [0.05, 0.1) is 6.10 Å². The van der Waals surface area contributed by atoms with Crippen LogP contribution in [-0.4, -0.2) is 14.7 Å². The summed E-state index contributed by atoms with van der Waals surface area (Å²) < 4.78 is 1.94. The Hall–Kier alpha value is -1.61. The van der Waals surface area contributed by atoms with Crippen LogP contribution in [-0.2, 0) is 0 Å². The van der Waals surface area contributed by atoms with Crippen LogP contribution in [0.25, 0.3) is 5.82 Å². The predicted molar refractivity (Wildman–Crippen MR) is 68.0 cm³/mol. The predicted octanol–water partition coefficient (Wildman–Crippen LogP) is 2.95. The van der Waals surface area contributed by atoms with E-state index in [2.05, 4.69) is 4.98 Å². The number of hydrogen-bond donors (Lipinski definition) is 1. The summed E-state index contributed by atoms with van der Waals surface area (Å²) in [6.07, 6.45) is 5.14. The van der Waals surface area contributed by atoms with Crippen molar-refractivity contribution in [2.45, 2.75) is 26.9 Å². The fraction of sp³-hybridized carbons (Fsp3) is 0.357. The Kier molecular flexibility index (Phi) is 3.03. The number of nitrogens with zero attached hydrogens (tertiary/aromatic N) is 2. The summed E-state index contributed by atoms with van der Waals surface area (Å²) in [5.74, 6) is 0.861. The normalized spacial score (nSPS) is 13.6. The summed E-state index contributed by atoms with van der Waals surface area (Å²) in [5.41, 5.74) is 0.685. The van der Waals surface area contributed by atoms with Gasteiger partial charge in [-0.3, -0.25) is 0 Å². The second-order valence-corrected chi connectivity index (χ2v) is 5.31. The first kappa shape index (κ1) is 11.9. The maximum atomic E-state index is 10.1. The smallest absolute Gasteiger partial charge is 0.136 e. The van der Waals surface area contributed by atoms with Gasteiger partial charge in [-0.05, 0) is 29.2 Å². The standard InChI is InChI=1S/C14H18N2O/c1-14(2,3)13(17)11-6-7-12(15-10-11)16-8-4-5-9-16/h4-10,13,17H,1-3H3. The number of hydrogen-bond acceptors (Lipinski definition) is 2. The highest BCUT2D eigenvalue weighted by atomic mass is 16.3. The summed E-state index contributed by atoms with van der Waals surface area (Å²) in [6, 6.07) is 7.77. The molecule has 0 amide bonds. The molecule has 0 fully saturated rings. The van der Waals surface area contributed by atoms with E-state index in [-0.39, 0.29) is 5.41 Å². The highest BCUT2D eigenvalue weighted by Gasteiger charge is 2.23. The molecule has 0 aliphatic heterocycles. The molecule has 0 aliphatic carbocycles. The van der Waals surface area contributed by atoms with Crippen molar-refractivity contribution in [1.29, 1.82) is 0 Å². The van der Waals surface area contributed by atoms with Gasteiger partial charge < -0.3 is 9.67 Å². The van der Waals surface area contributed by atoms with E-state index in [9.17, 15) is 5.11 Å². The molecule has 2 aromatic rings. The lowest BCUT2D eigenvalue weighted by atomic mass is 9.85. The summed E-state index contributed by atoms with van der Waals surface area (Å²) in [5, 5.41) is 10.1. The zero-order valence-corrected chi connectivity index (χ0v) is 10.5. The number of aliphatic hydroxyl groups is 1. The minimum atomic E-state index is -0.492. The summed E-state index contributed by atoms with van der Waals surface area (Å²) in [7, 11) is 0. The second-order valence-electron chi connectivity index (χ2n) is 5.31. The molecule has 3 heteroatoms. The first-order valence-corrected chi connectivity index (χ1v) is 5.76. The molecule has 0 saturated heterocycles. The van der Waals surface area contributed by atoms with E-state index in [4.69, 9.17) is 0 Å². The molecule has 0 spiro atoms. The molecular formula is C14H18N2O. The molecule has 0 aromatic carbocycles. The van der Waals surface area contributed by atoms with Gasteiger partial charge in [0.15, 0.2) is 0 Å². The van der Waals surface area contributed by atoms with Gasteiger partial charge in [-0.25, -0.2) is 4.98 Å². The second kappa shape index (κ2) is 4.34. The van der Waals surface area contributed by atoms with Crippen molar-refractivity contribution < 1.29 is 5.11 Å². The molecule has 1 unspecified atom stereocenters. The fourth-order valence-corrected chi connectivity index (χ4v) is 1.70. The van der Waals surface area contributed by atoms with E-state index in [1.165, 1.54) is 0 Å². The van der Waals surface area contributed by atoms with E-state index in [1.807, 2.05) is 62.0 Å². The zero-order chi connectivity index (χ0) is 12.5. The van der Waals surface area contributed by atoms with Crippen molar-refractivity contribution in [3.05, 3.63) is 48.4 Å². The van der Waals surface area contributed by atoms with Gasteiger partial charge in [0.25, 0.3) is 0 Å². The van der Waals surface area contributed by atoms with Crippen LogP contribution in [0.5, 0.6) is 0 Å². The largest absolute Gasteiger partial charge is 0.388 e. The third-order valence-electron chi connectivity index (χ3n) is 2.78. The Morgan fingerprint density at radius 3 is 2.29 bits per heavy atom. The lowest BCUT2D eigenvalue weighted by molar-refractivity contribution is 0.0624. The maximum absolute atomic E-state index is 10.1. The van der Waals surface area contributed by atoms with Gasteiger partial charge in [0, 0.05) is 18.6 Å². The quantitative estimate of drug-likeness (QED) is 0.861. The van der Waals surface area contributed by atoms with E-state index < -0.39 is 6.10 Å². The molecule has 0 aliphatic rings. The van der Waals surface area contributed by atoms with Crippen LogP contribution in [0, 0.1) is 5.41 Å². The molecule has 0 bridgehead atoms. The van der Waals surface area contributed by atoms with Crippen LogP contribution in [0.1, 0.15) is 32.4 Å². The van der Waals surface area contributed by atoms with Gasteiger partial charge in [-0.2, -0.15) is 0 Å². The molecule has 1 N–H and O–H groups in total. The Labute approximate surface area is 102 Å². The molecule has 2 heterocycles. The lowest BCUT2D eigenvalue weighted by Crippen LogP contribution is -2.18. The monoisotopic (exact) mass is 230 g/mol. The van der Waals surface area contributed by atoms with E-state index in [1.54, 1.807) is 6.20 Å². The Morgan fingerprint density at radius 2 is 1.82 bits per heavy atom. The number of aliphatic hydroxyl groups excluding tert-OH is 1. The van der Waals surface area contributed by atoms with Gasteiger partial charge in [-0.1, -0.05) is 26.8 Å².